The maximum atomic E-state index is 14.2. The van der Waals surface area contributed by atoms with Crippen molar-refractivity contribution in [1.82, 2.24) is 5.32 Å². The molecule has 9 heteroatoms. The third-order valence-corrected chi connectivity index (χ3v) is 6.69. The van der Waals surface area contributed by atoms with Gasteiger partial charge in [0.15, 0.2) is 17.3 Å². The van der Waals surface area contributed by atoms with E-state index >= 15 is 0 Å². The maximum Gasteiger partial charge on any atom is 0.336 e. The van der Waals surface area contributed by atoms with Crippen LogP contribution in [0.5, 0.6) is 11.5 Å². The van der Waals surface area contributed by atoms with Gasteiger partial charge in [0.25, 0.3) is 0 Å². The van der Waals surface area contributed by atoms with Gasteiger partial charge in [-0.1, -0.05) is 6.07 Å². The van der Waals surface area contributed by atoms with Crippen LogP contribution in [-0.4, -0.2) is 37.7 Å². The minimum absolute atomic E-state index is 0.0905. The number of Topliss-reactive ketones (excluding diaryl/α,β-unsaturated/α-hetero) is 1. The van der Waals surface area contributed by atoms with E-state index in [1.807, 2.05) is 0 Å². The number of carbonyl (C=O) groups is 3. The SMILES string of the molecule is CCOC(=O)C1=C(C)NC2=C(C(=O)[C@H](C(=O)OCC)[C@@H](c3ccco3)C2)[C@@H]1c1ccc2c(c1)OCO2. The van der Waals surface area contributed by atoms with Gasteiger partial charge >= 0.3 is 11.9 Å². The normalized spacial score (nSPS) is 22.8. The van der Waals surface area contributed by atoms with Crippen LogP contribution in [0.15, 0.2) is 63.6 Å². The number of ether oxygens (including phenoxy) is 4. The van der Waals surface area contributed by atoms with Crippen LogP contribution < -0.4 is 14.8 Å². The van der Waals surface area contributed by atoms with Gasteiger partial charge < -0.3 is 28.7 Å². The van der Waals surface area contributed by atoms with E-state index < -0.39 is 35.5 Å². The first kappa shape index (κ1) is 23.7. The van der Waals surface area contributed by atoms with Crippen molar-refractivity contribution >= 4 is 17.7 Å². The lowest BCUT2D eigenvalue weighted by Crippen LogP contribution is -2.43. The molecule has 36 heavy (non-hydrogen) atoms. The molecule has 0 radical (unpaired) electrons. The Balaban J connectivity index is 1.67. The van der Waals surface area contributed by atoms with Crippen molar-refractivity contribution in [2.45, 2.75) is 39.0 Å². The summed E-state index contributed by atoms with van der Waals surface area (Å²) in [6, 6.07) is 8.78. The average Bonchev–Trinajstić information content (AvgIpc) is 3.55. The zero-order valence-corrected chi connectivity index (χ0v) is 20.3. The summed E-state index contributed by atoms with van der Waals surface area (Å²) in [4.78, 5) is 40.4. The molecule has 0 saturated heterocycles. The summed E-state index contributed by atoms with van der Waals surface area (Å²) in [5.41, 5.74) is 2.51. The summed E-state index contributed by atoms with van der Waals surface area (Å²) in [6.45, 7) is 5.60. The first-order valence-electron chi connectivity index (χ1n) is 12.0. The van der Waals surface area contributed by atoms with E-state index in [-0.39, 0.29) is 20.0 Å². The van der Waals surface area contributed by atoms with Crippen LogP contribution in [-0.2, 0) is 23.9 Å². The summed E-state index contributed by atoms with van der Waals surface area (Å²) in [7, 11) is 0. The van der Waals surface area contributed by atoms with Crippen molar-refractivity contribution in [3.05, 3.63) is 70.5 Å². The van der Waals surface area contributed by atoms with Gasteiger partial charge in [-0.15, -0.1) is 0 Å². The Labute approximate surface area is 208 Å². The summed E-state index contributed by atoms with van der Waals surface area (Å²) in [6.07, 6.45) is 1.84. The van der Waals surface area contributed by atoms with Gasteiger partial charge in [0.2, 0.25) is 6.79 Å². The lowest BCUT2D eigenvalue weighted by atomic mass is 9.68. The summed E-state index contributed by atoms with van der Waals surface area (Å²) in [5, 5.41) is 3.26. The number of carbonyl (C=O) groups excluding carboxylic acids is 3. The minimum Gasteiger partial charge on any atom is -0.469 e. The molecule has 3 aliphatic rings. The Morgan fingerprint density at radius 1 is 1.08 bits per heavy atom. The van der Waals surface area contributed by atoms with E-state index in [9.17, 15) is 14.4 Å². The van der Waals surface area contributed by atoms with E-state index in [4.69, 9.17) is 23.4 Å². The van der Waals surface area contributed by atoms with Crippen molar-refractivity contribution < 1.29 is 37.7 Å². The fraction of sp³-hybridized carbons (Fsp3) is 0.370. The molecule has 0 bridgehead atoms. The van der Waals surface area contributed by atoms with E-state index in [1.54, 1.807) is 51.1 Å². The van der Waals surface area contributed by atoms with Gasteiger partial charge in [-0.05, 0) is 57.0 Å². The number of nitrogens with one attached hydrogen (secondary N) is 1. The molecule has 1 aromatic heterocycles. The van der Waals surface area contributed by atoms with Crippen molar-refractivity contribution in [2.24, 2.45) is 5.92 Å². The molecule has 0 fully saturated rings. The first-order chi connectivity index (χ1) is 17.4. The first-order valence-corrected chi connectivity index (χ1v) is 12.0. The minimum atomic E-state index is -1.12. The Morgan fingerprint density at radius 2 is 1.86 bits per heavy atom. The number of furan rings is 1. The molecule has 5 rings (SSSR count). The maximum absolute atomic E-state index is 14.2. The molecule has 2 aromatic rings. The molecular weight excluding hydrogens is 466 g/mol. The van der Waals surface area contributed by atoms with E-state index in [0.29, 0.717) is 51.8 Å². The van der Waals surface area contributed by atoms with Crippen molar-refractivity contribution in [3.63, 3.8) is 0 Å². The Kier molecular flexibility index (Phi) is 6.30. The lowest BCUT2D eigenvalue weighted by Gasteiger charge is -2.38. The molecule has 0 spiro atoms. The fourth-order valence-electron chi connectivity index (χ4n) is 5.21. The molecule has 1 aliphatic carbocycles. The standard InChI is InChI=1S/C27H27NO8/c1-4-32-26(30)21-14(3)28-17-12-16(18-7-6-10-34-18)23(27(31)33-5-2)25(29)24(17)22(21)15-8-9-19-20(11-15)36-13-35-19/h6-11,16,22-23,28H,4-5,12-13H2,1-3H3/t16-,22-,23-/m1/s1. The highest BCUT2D eigenvalue weighted by molar-refractivity contribution is 6.13. The average molecular weight is 494 g/mol. The van der Waals surface area contributed by atoms with Crippen LogP contribution in [0.25, 0.3) is 0 Å². The summed E-state index contributed by atoms with van der Waals surface area (Å²) in [5.74, 6) is -2.38. The van der Waals surface area contributed by atoms with Gasteiger partial charge in [0.1, 0.15) is 11.7 Å². The highest BCUT2D eigenvalue weighted by Crippen LogP contribution is 2.49. The number of benzene rings is 1. The van der Waals surface area contributed by atoms with Crippen molar-refractivity contribution in [3.8, 4) is 11.5 Å². The summed E-state index contributed by atoms with van der Waals surface area (Å²) < 4.78 is 27.3. The highest BCUT2D eigenvalue weighted by atomic mass is 16.7. The third kappa shape index (κ3) is 3.94. The quantitative estimate of drug-likeness (QED) is 0.475. The second kappa shape index (κ2) is 9.56. The molecular formula is C27H27NO8. The fourth-order valence-corrected chi connectivity index (χ4v) is 5.21. The van der Waals surface area contributed by atoms with E-state index in [0.717, 1.165) is 0 Å². The van der Waals surface area contributed by atoms with Crippen LogP contribution in [0.4, 0.5) is 0 Å². The highest BCUT2D eigenvalue weighted by Gasteiger charge is 2.50. The number of hydrogen-bond donors (Lipinski definition) is 1. The van der Waals surface area contributed by atoms with Gasteiger partial charge in [-0.2, -0.15) is 0 Å². The topological polar surface area (TPSA) is 113 Å². The van der Waals surface area contributed by atoms with Crippen LogP contribution in [0.3, 0.4) is 0 Å². The monoisotopic (exact) mass is 493 g/mol. The number of dihydropyridines is 1. The second-order valence-corrected chi connectivity index (χ2v) is 8.74. The number of allylic oxidation sites excluding steroid dienone is 3. The number of fused-ring (bicyclic) bond motifs is 1. The molecule has 1 N–H and O–H groups in total. The van der Waals surface area contributed by atoms with Gasteiger partial charge in [-0.3, -0.25) is 9.59 Å². The van der Waals surface area contributed by atoms with E-state index in [2.05, 4.69) is 5.32 Å². The van der Waals surface area contributed by atoms with Gasteiger partial charge in [0, 0.05) is 28.8 Å². The zero-order chi connectivity index (χ0) is 25.4. The molecule has 2 aliphatic heterocycles. The van der Waals surface area contributed by atoms with Crippen LogP contribution >= 0.6 is 0 Å². The molecule has 0 amide bonds. The molecule has 0 saturated carbocycles. The number of hydrogen-bond acceptors (Lipinski definition) is 9. The number of esters is 2. The van der Waals surface area contributed by atoms with Gasteiger partial charge in [-0.25, -0.2) is 4.79 Å². The predicted molar refractivity (Wildman–Crippen MR) is 126 cm³/mol. The largest absolute Gasteiger partial charge is 0.469 e. The Bertz CT molecular complexity index is 1270. The van der Waals surface area contributed by atoms with Gasteiger partial charge in [0.05, 0.1) is 25.1 Å². The van der Waals surface area contributed by atoms with Crippen molar-refractivity contribution in [1.29, 1.82) is 0 Å². The molecule has 3 atom stereocenters. The van der Waals surface area contributed by atoms with Crippen LogP contribution in [0, 0.1) is 5.92 Å². The number of rotatable bonds is 6. The summed E-state index contributed by atoms with van der Waals surface area (Å²) >= 11 is 0. The predicted octanol–water partition coefficient (Wildman–Crippen LogP) is 3.72. The molecule has 0 unspecified atom stereocenters. The third-order valence-electron chi connectivity index (χ3n) is 6.69. The van der Waals surface area contributed by atoms with Crippen molar-refractivity contribution in [2.75, 3.05) is 20.0 Å². The zero-order valence-electron chi connectivity index (χ0n) is 20.3. The number of ketones is 1. The molecule has 9 nitrogen and oxygen atoms in total. The van der Waals surface area contributed by atoms with E-state index in [1.165, 1.54) is 6.26 Å². The molecule has 3 heterocycles. The van der Waals surface area contributed by atoms with Crippen LogP contribution in [0.2, 0.25) is 0 Å². The molecule has 188 valence electrons. The van der Waals surface area contributed by atoms with Crippen LogP contribution in [0.1, 0.15) is 50.4 Å². The lowest BCUT2D eigenvalue weighted by molar-refractivity contribution is -0.152. The smallest absolute Gasteiger partial charge is 0.336 e. The second-order valence-electron chi connectivity index (χ2n) is 8.74. The Morgan fingerprint density at radius 3 is 2.58 bits per heavy atom. The Hall–Kier alpha value is -4.01. The molecule has 1 aromatic carbocycles.